The molecule has 1 aliphatic rings. The fourth-order valence-corrected chi connectivity index (χ4v) is 2.94. The molecule has 1 unspecified atom stereocenters. The fourth-order valence-electron chi connectivity index (χ4n) is 2.94. The van der Waals surface area contributed by atoms with Gasteiger partial charge in [-0.2, -0.15) is 0 Å². The highest BCUT2D eigenvalue weighted by atomic mass is 16.6. The average molecular weight is 337 g/mol. The molecule has 0 aliphatic carbocycles. The average Bonchev–Trinajstić information content (AvgIpc) is 3.03. The van der Waals surface area contributed by atoms with Crippen molar-refractivity contribution in [2.45, 2.75) is 13.3 Å². The van der Waals surface area contributed by atoms with Crippen LogP contribution >= 0.6 is 0 Å². The third-order valence-electron chi connectivity index (χ3n) is 4.07. The number of amides is 1. The number of methoxy groups -OCH3 is 1. The summed E-state index contributed by atoms with van der Waals surface area (Å²) < 4.78 is 10.6. The number of hydrogen-bond acceptors (Lipinski definition) is 6. The molecule has 8 nitrogen and oxygen atoms in total. The van der Waals surface area contributed by atoms with E-state index in [9.17, 15) is 14.9 Å². The Morgan fingerprint density at radius 1 is 1.46 bits per heavy atom. The first-order chi connectivity index (χ1) is 11.5. The molecule has 1 atom stereocenters. The molecule has 132 valence electrons. The highest BCUT2D eigenvalue weighted by Gasteiger charge is 2.32. The van der Waals surface area contributed by atoms with Crippen LogP contribution in [0.5, 0.6) is 11.5 Å². The van der Waals surface area contributed by atoms with E-state index in [1.807, 2.05) is 7.05 Å². The molecule has 1 N–H and O–H groups in total. The number of nitro benzene ring substituents is 1. The Labute approximate surface area is 140 Å². The smallest absolute Gasteiger partial charge is 0.286 e. The van der Waals surface area contributed by atoms with E-state index < -0.39 is 4.92 Å². The molecule has 2 rings (SSSR count). The monoisotopic (exact) mass is 337 g/mol. The van der Waals surface area contributed by atoms with E-state index in [2.05, 4.69) is 5.32 Å². The van der Waals surface area contributed by atoms with Crippen LogP contribution in [0, 0.1) is 16.0 Å². The standard InChI is InChI=1S/C16H23N3O5/c1-4-24-15-8-13(19(21)22)12(7-14(15)23-3)16(20)18-6-5-11(10-18)9-17-2/h7-8,11,17H,4-6,9-10H2,1-3H3. The summed E-state index contributed by atoms with van der Waals surface area (Å²) in [6, 6.07) is 2.66. The van der Waals surface area contributed by atoms with Gasteiger partial charge in [0.25, 0.3) is 11.6 Å². The quantitative estimate of drug-likeness (QED) is 0.601. The number of nitro groups is 1. The summed E-state index contributed by atoms with van der Waals surface area (Å²) in [5, 5.41) is 14.5. The van der Waals surface area contributed by atoms with Crippen molar-refractivity contribution in [1.29, 1.82) is 0 Å². The van der Waals surface area contributed by atoms with E-state index in [4.69, 9.17) is 9.47 Å². The maximum Gasteiger partial charge on any atom is 0.286 e. The topological polar surface area (TPSA) is 93.9 Å². The van der Waals surface area contributed by atoms with Gasteiger partial charge in [0, 0.05) is 19.2 Å². The molecule has 1 aromatic rings. The van der Waals surface area contributed by atoms with Crippen LogP contribution in [0.2, 0.25) is 0 Å². The van der Waals surface area contributed by atoms with Crippen molar-refractivity contribution in [3.8, 4) is 11.5 Å². The van der Waals surface area contributed by atoms with Crippen molar-refractivity contribution in [3.63, 3.8) is 0 Å². The number of nitrogens with zero attached hydrogens (tertiary/aromatic N) is 2. The predicted octanol–water partition coefficient (Wildman–Crippen LogP) is 1.68. The van der Waals surface area contributed by atoms with Gasteiger partial charge in [-0.3, -0.25) is 14.9 Å². The van der Waals surface area contributed by atoms with Crippen LogP contribution in [-0.2, 0) is 0 Å². The zero-order chi connectivity index (χ0) is 17.7. The van der Waals surface area contributed by atoms with Gasteiger partial charge in [-0.15, -0.1) is 0 Å². The van der Waals surface area contributed by atoms with Crippen molar-refractivity contribution in [3.05, 3.63) is 27.8 Å². The van der Waals surface area contributed by atoms with Crippen LogP contribution in [0.25, 0.3) is 0 Å². The first kappa shape index (κ1) is 18.0. The summed E-state index contributed by atoms with van der Waals surface area (Å²) in [7, 11) is 3.31. The minimum Gasteiger partial charge on any atom is -0.493 e. The maximum atomic E-state index is 12.8. The minimum atomic E-state index is -0.559. The second kappa shape index (κ2) is 7.96. The Morgan fingerprint density at radius 2 is 2.21 bits per heavy atom. The Bertz CT molecular complexity index is 620. The summed E-state index contributed by atoms with van der Waals surface area (Å²) in [4.78, 5) is 25.3. The molecule has 0 spiro atoms. The van der Waals surface area contributed by atoms with Crippen molar-refractivity contribution >= 4 is 11.6 Å². The van der Waals surface area contributed by atoms with Gasteiger partial charge in [0.15, 0.2) is 11.5 Å². The summed E-state index contributed by atoms with van der Waals surface area (Å²) >= 11 is 0. The highest BCUT2D eigenvalue weighted by Crippen LogP contribution is 2.36. The number of hydrogen-bond donors (Lipinski definition) is 1. The molecule has 0 radical (unpaired) electrons. The first-order valence-corrected chi connectivity index (χ1v) is 7.94. The molecule has 1 fully saturated rings. The molecule has 1 saturated heterocycles. The van der Waals surface area contributed by atoms with Gasteiger partial charge < -0.3 is 19.7 Å². The number of ether oxygens (including phenoxy) is 2. The van der Waals surface area contributed by atoms with Gasteiger partial charge in [0.2, 0.25) is 0 Å². The van der Waals surface area contributed by atoms with Gasteiger partial charge in [0.1, 0.15) is 5.56 Å². The number of likely N-dealkylation sites (tertiary alicyclic amines) is 1. The predicted molar refractivity (Wildman–Crippen MR) is 88.8 cm³/mol. The SMILES string of the molecule is CCOc1cc([N+](=O)[O-])c(C(=O)N2CCC(CNC)C2)cc1OC. The number of nitrogens with one attached hydrogen (secondary N) is 1. The van der Waals surface area contributed by atoms with Crippen LogP contribution in [0.4, 0.5) is 5.69 Å². The molecule has 1 amide bonds. The minimum absolute atomic E-state index is 0.0328. The fraction of sp³-hybridized carbons (Fsp3) is 0.562. The summed E-state index contributed by atoms with van der Waals surface area (Å²) in [6.07, 6.45) is 0.883. The second-order valence-electron chi connectivity index (χ2n) is 5.67. The number of benzene rings is 1. The third kappa shape index (κ3) is 3.76. The molecule has 24 heavy (non-hydrogen) atoms. The lowest BCUT2D eigenvalue weighted by molar-refractivity contribution is -0.385. The molecule has 0 bridgehead atoms. The van der Waals surface area contributed by atoms with Crippen LogP contribution in [0.15, 0.2) is 12.1 Å². The summed E-state index contributed by atoms with van der Waals surface area (Å²) in [5.41, 5.74) is -0.230. The zero-order valence-electron chi connectivity index (χ0n) is 14.2. The molecule has 1 heterocycles. The van der Waals surface area contributed by atoms with Crippen molar-refractivity contribution in [1.82, 2.24) is 10.2 Å². The molecule has 0 saturated carbocycles. The molecule has 0 aromatic heterocycles. The Hall–Kier alpha value is -2.35. The van der Waals surface area contributed by atoms with E-state index in [1.165, 1.54) is 19.2 Å². The number of carbonyl (C=O) groups is 1. The van der Waals surface area contributed by atoms with Gasteiger partial charge >= 0.3 is 0 Å². The van der Waals surface area contributed by atoms with E-state index in [0.29, 0.717) is 31.4 Å². The third-order valence-corrected chi connectivity index (χ3v) is 4.07. The lowest BCUT2D eigenvalue weighted by atomic mass is 10.1. The summed E-state index contributed by atoms with van der Waals surface area (Å²) in [6.45, 7) is 4.12. The lowest BCUT2D eigenvalue weighted by Gasteiger charge is -2.18. The normalized spacial score (nSPS) is 17.0. The van der Waals surface area contributed by atoms with Gasteiger partial charge in [-0.1, -0.05) is 0 Å². The number of rotatable bonds is 7. The van der Waals surface area contributed by atoms with Crippen molar-refractivity contribution in [2.24, 2.45) is 5.92 Å². The van der Waals surface area contributed by atoms with E-state index in [-0.39, 0.29) is 22.9 Å². The molecular formula is C16H23N3O5. The lowest BCUT2D eigenvalue weighted by Crippen LogP contribution is -2.30. The first-order valence-electron chi connectivity index (χ1n) is 7.94. The molecule has 1 aliphatic heterocycles. The zero-order valence-corrected chi connectivity index (χ0v) is 14.2. The maximum absolute atomic E-state index is 12.8. The Morgan fingerprint density at radius 3 is 2.79 bits per heavy atom. The van der Waals surface area contributed by atoms with Crippen LogP contribution in [-0.4, -0.2) is 56.1 Å². The Balaban J connectivity index is 2.34. The van der Waals surface area contributed by atoms with E-state index in [1.54, 1.807) is 11.8 Å². The van der Waals surface area contributed by atoms with Crippen molar-refractivity contribution in [2.75, 3.05) is 40.4 Å². The van der Waals surface area contributed by atoms with E-state index >= 15 is 0 Å². The van der Waals surface area contributed by atoms with Crippen LogP contribution in [0.3, 0.4) is 0 Å². The van der Waals surface area contributed by atoms with Crippen LogP contribution < -0.4 is 14.8 Å². The Kier molecular flexibility index (Phi) is 5.97. The molecular weight excluding hydrogens is 314 g/mol. The van der Waals surface area contributed by atoms with Gasteiger partial charge in [-0.05, 0) is 32.9 Å². The van der Waals surface area contributed by atoms with Gasteiger partial charge in [-0.25, -0.2) is 0 Å². The van der Waals surface area contributed by atoms with Crippen molar-refractivity contribution < 1.29 is 19.2 Å². The van der Waals surface area contributed by atoms with Crippen LogP contribution in [0.1, 0.15) is 23.7 Å². The molecule has 8 heteroatoms. The van der Waals surface area contributed by atoms with Gasteiger partial charge in [0.05, 0.1) is 24.7 Å². The second-order valence-corrected chi connectivity index (χ2v) is 5.67. The summed E-state index contributed by atoms with van der Waals surface area (Å²) in [5.74, 6) is 0.596. The molecule has 1 aromatic carbocycles. The highest BCUT2D eigenvalue weighted by molar-refractivity contribution is 5.99. The number of carbonyl (C=O) groups excluding carboxylic acids is 1. The largest absolute Gasteiger partial charge is 0.493 e. The van der Waals surface area contributed by atoms with E-state index in [0.717, 1.165) is 13.0 Å².